The minimum Gasteiger partial charge on any atom is -0.0776 e. The van der Waals surface area contributed by atoms with E-state index in [1.807, 2.05) is 197 Å². The summed E-state index contributed by atoms with van der Waals surface area (Å²) in [5, 5.41) is 0. The van der Waals surface area contributed by atoms with Gasteiger partial charge in [-0.2, -0.15) is 0 Å². The van der Waals surface area contributed by atoms with Crippen LogP contribution in [0.15, 0.2) is 200 Å². The zero-order valence-corrected chi connectivity index (χ0v) is 38.3. The van der Waals surface area contributed by atoms with Crippen LogP contribution in [0.3, 0.4) is 0 Å². The van der Waals surface area contributed by atoms with Crippen LogP contribution in [0.4, 0.5) is 0 Å². The molecule has 0 bridgehead atoms. The number of hydrogen-bond acceptors (Lipinski definition) is 0. The lowest BCUT2D eigenvalue weighted by molar-refractivity contribution is 0.867. The predicted octanol–water partition coefficient (Wildman–Crippen LogP) is 19.9. The van der Waals surface area contributed by atoms with E-state index in [0.29, 0.717) is 17.8 Å². The molecule has 0 heteroatoms. The first kappa shape index (κ1) is 67.1. The first-order valence-corrected chi connectivity index (χ1v) is 21.1. The molecule has 0 aliphatic heterocycles. The number of benzene rings is 6. The molecular formula is C57H92. The van der Waals surface area contributed by atoms with Crippen molar-refractivity contribution in [3.05, 3.63) is 217 Å². The van der Waals surface area contributed by atoms with Crippen molar-refractivity contribution in [1.82, 2.24) is 0 Å². The van der Waals surface area contributed by atoms with Crippen LogP contribution < -0.4 is 0 Å². The number of hydrogen-bond donors (Lipinski definition) is 0. The molecule has 6 rings (SSSR count). The molecule has 0 spiro atoms. The van der Waals surface area contributed by atoms with E-state index in [0.717, 1.165) is 0 Å². The van der Waals surface area contributed by atoms with E-state index in [2.05, 4.69) is 114 Å². The van der Waals surface area contributed by atoms with Gasteiger partial charge in [-0.15, -0.1) is 0 Å². The van der Waals surface area contributed by atoms with Crippen LogP contribution >= 0.6 is 0 Å². The molecule has 0 radical (unpaired) electrons. The first-order valence-electron chi connectivity index (χ1n) is 21.1. The summed E-state index contributed by atoms with van der Waals surface area (Å²) in [5.74, 6) is 1.98. The summed E-state index contributed by atoms with van der Waals surface area (Å²) in [6, 6.07) is 67.6. The Hall–Kier alpha value is -4.68. The van der Waals surface area contributed by atoms with Gasteiger partial charge in [-0.25, -0.2) is 0 Å². The Morgan fingerprint density at radius 2 is 0.281 bits per heavy atom. The molecule has 0 saturated heterocycles. The lowest BCUT2D eigenvalue weighted by Crippen LogP contribution is -1.83. The Labute approximate surface area is 358 Å². The maximum atomic E-state index is 2.20. The van der Waals surface area contributed by atoms with Crippen LogP contribution in [0.5, 0.6) is 0 Å². The maximum Gasteiger partial charge on any atom is -0.0219 e. The highest BCUT2D eigenvalue weighted by atomic mass is 14.0. The van der Waals surface area contributed by atoms with Gasteiger partial charge in [-0.1, -0.05) is 326 Å². The van der Waals surface area contributed by atoms with Crippen LogP contribution in [0.2, 0.25) is 0 Å². The smallest absolute Gasteiger partial charge is 0.0219 e. The third kappa shape index (κ3) is 51.3. The zero-order valence-electron chi connectivity index (χ0n) is 38.3. The third-order valence-corrected chi connectivity index (χ3v) is 6.40. The molecule has 0 unspecified atom stereocenters. The molecule has 0 fully saturated rings. The molecule has 0 saturated carbocycles. The SMILES string of the molecule is C.C.CC.CC.CC.CC.CC.CC(C)c1ccccc1.CC(C)c1ccccc1.CC(C)c1ccccc1.c1ccccc1.c1ccccc1.c1ccccc1. The Bertz CT molecular complexity index is 1100. The van der Waals surface area contributed by atoms with E-state index in [1.54, 1.807) is 0 Å². The highest BCUT2D eigenvalue weighted by Gasteiger charge is 1.95. The summed E-state index contributed by atoms with van der Waals surface area (Å²) < 4.78 is 0. The standard InChI is InChI=1S/3C9H12.3C6H6.5C2H6.2CH4/c3*1-8(2)9-6-4-3-5-7-9;3*1-2-4-6-5-3-1;5*1-2;;/h3*3-8H,1-2H3;3*1-6H;5*1-2H3;2*1H4. The van der Waals surface area contributed by atoms with Crippen molar-refractivity contribution >= 4 is 0 Å². The third-order valence-electron chi connectivity index (χ3n) is 6.40. The lowest BCUT2D eigenvalue weighted by Gasteiger charge is -2.01. The van der Waals surface area contributed by atoms with E-state index < -0.39 is 0 Å². The largest absolute Gasteiger partial charge is 0.0776 e. The Balaban J connectivity index is -0.000000101. The van der Waals surface area contributed by atoms with Crippen molar-refractivity contribution < 1.29 is 0 Å². The van der Waals surface area contributed by atoms with Gasteiger partial charge in [0.05, 0.1) is 0 Å². The molecule has 0 aliphatic rings. The molecule has 0 heterocycles. The highest BCUT2D eigenvalue weighted by molar-refractivity contribution is 5.19. The van der Waals surface area contributed by atoms with Gasteiger partial charge in [0.25, 0.3) is 0 Å². The topological polar surface area (TPSA) is 0 Å². The molecule has 320 valence electrons. The van der Waals surface area contributed by atoms with Crippen LogP contribution in [-0.2, 0) is 0 Å². The predicted molar refractivity (Wildman–Crippen MR) is 271 cm³/mol. The van der Waals surface area contributed by atoms with E-state index >= 15 is 0 Å². The van der Waals surface area contributed by atoms with Gasteiger partial charge >= 0.3 is 0 Å². The highest BCUT2D eigenvalue weighted by Crippen LogP contribution is 2.13. The van der Waals surface area contributed by atoms with Gasteiger partial charge in [0.2, 0.25) is 0 Å². The van der Waals surface area contributed by atoms with Crippen molar-refractivity contribution in [3.8, 4) is 0 Å². The van der Waals surface area contributed by atoms with E-state index in [-0.39, 0.29) is 14.9 Å². The van der Waals surface area contributed by atoms with Crippen LogP contribution in [0.1, 0.15) is 160 Å². The quantitative estimate of drug-likeness (QED) is 0.168. The minimum atomic E-state index is 0. The minimum absolute atomic E-state index is 0. The van der Waals surface area contributed by atoms with Crippen molar-refractivity contribution in [2.45, 2.75) is 143 Å². The van der Waals surface area contributed by atoms with E-state index in [1.165, 1.54) is 16.7 Å². The summed E-state index contributed by atoms with van der Waals surface area (Å²) in [5.41, 5.74) is 4.24. The molecule has 0 atom stereocenters. The van der Waals surface area contributed by atoms with Crippen molar-refractivity contribution in [3.63, 3.8) is 0 Å². The number of rotatable bonds is 3. The average Bonchev–Trinajstić information content (AvgIpc) is 3.31. The summed E-state index contributed by atoms with van der Waals surface area (Å²) >= 11 is 0. The molecule has 6 aromatic rings. The molecule has 0 N–H and O–H groups in total. The second-order valence-corrected chi connectivity index (χ2v) is 11.2. The molecular weight excluding hydrogens is 685 g/mol. The normalized spacial score (nSPS) is 7.84. The van der Waals surface area contributed by atoms with E-state index in [9.17, 15) is 0 Å². The van der Waals surface area contributed by atoms with Crippen LogP contribution in [-0.4, -0.2) is 0 Å². The second-order valence-electron chi connectivity index (χ2n) is 11.2. The Morgan fingerprint density at radius 1 is 0.193 bits per heavy atom. The van der Waals surface area contributed by atoms with Gasteiger partial charge in [-0.05, 0) is 34.4 Å². The van der Waals surface area contributed by atoms with Gasteiger partial charge in [0.1, 0.15) is 0 Å². The van der Waals surface area contributed by atoms with Gasteiger partial charge in [0.15, 0.2) is 0 Å². The van der Waals surface area contributed by atoms with Crippen LogP contribution in [0, 0.1) is 0 Å². The zero-order chi connectivity index (χ0) is 42.8. The Morgan fingerprint density at radius 3 is 0.351 bits per heavy atom. The van der Waals surface area contributed by atoms with Crippen molar-refractivity contribution in [2.24, 2.45) is 0 Å². The van der Waals surface area contributed by atoms with Gasteiger partial charge < -0.3 is 0 Å². The molecule has 0 aliphatic carbocycles. The molecule has 6 aromatic carbocycles. The van der Waals surface area contributed by atoms with Crippen molar-refractivity contribution in [1.29, 1.82) is 0 Å². The van der Waals surface area contributed by atoms with Crippen molar-refractivity contribution in [2.75, 3.05) is 0 Å². The summed E-state index contributed by atoms with van der Waals surface area (Å²) in [6.07, 6.45) is 0. The van der Waals surface area contributed by atoms with Gasteiger partial charge in [0, 0.05) is 0 Å². The lowest BCUT2D eigenvalue weighted by atomic mass is 10.0. The fourth-order valence-corrected chi connectivity index (χ4v) is 3.67. The van der Waals surface area contributed by atoms with Gasteiger partial charge in [-0.3, -0.25) is 0 Å². The monoisotopic (exact) mass is 777 g/mol. The maximum absolute atomic E-state index is 2.20. The average molecular weight is 777 g/mol. The fraction of sp³-hybridized carbons (Fsp3) is 0.368. The summed E-state index contributed by atoms with van der Waals surface area (Å²) in [6.45, 7) is 33.2. The molecule has 0 amide bonds. The molecule has 0 nitrogen and oxygen atoms in total. The molecule has 57 heavy (non-hydrogen) atoms. The Kier molecular flexibility index (Phi) is 71.3. The summed E-state index contributed by atoms with van der Waals surface area (Å²) in [7, 11) is 0. The van der Waals surface area contributed by atoms with E-state index in [4.69, 9.17) is 0 Å². The first-order chi connectivity index (χ1) is 26.9. The second kappa shape index (κ2) is 60.6. The van der Waals surface area contributed by atoms with Crippen LogP contribution in [0.25, 0.3) is 0 Å². The molecule has 0 aromatic heterocycles. The summed E-state index contributed by atoms with van der Waals surface area (Å²) in [4.78, 5) is 0. The fourth-order valence-electron chi connectivity index (χ4n) is 3.67.